The van der Waals surface area contributed by atoms with Gasteiger partial charge in [0, 0.05) is 11.3 Å². The van der Waals surface area contributed by atoms with Crippen LogP contribution >= 0.6 is 0 Å². The molecule has 8 heteroatoms. The minimum atomic E-state index is -4.43. The van der Waals surface area contributed by atoms with E-state index in [4.69, 9.17) is 10.5 Å². The zero-order valence-corrected chi connectivity index (χ0v) is 13.1. The third-order valence-corrected chi connectivity index (χ3v) is 3.30. The van der Waals surface area contributed by atoms with Gasteiger partial charge in [-0.05, 0) is 55.5 Å². The average molecular weight is 352 g/mol. The number of carbonyl (C=O) groups is 2. The van der Waals surface area contributed by atoms with E-state index in [1.165, 1.54) is 31.2 Å². The standard InChI is InChI=1S/C17H15F3N2O3/c1-10(25-14-8-2-11(3-9-14)15(21)23)16(24)22-13-6-4-12(5-7-13)17(18,19)20/h2-10H,1H3,(H2,21,23)(H,22,24). The van der Waals surface area contributed by atoms with Crippen LogP contribution in [0.1, 0.15) is 22.8 Å². The molecule has 5 nitrogen and oxygen atoms in total. The number of hydrogen-bond donors (Lipinski definition) is 2. The van der Waals surface area contributed by atoms with Gasteiger partial charge in [0.15, 0.2) is 6.10 Å². The van der Waals surface area contributed by atoms with Gasteiger partial charge < -0.3 is 15.8 Å². The predicted molar refractivity (Wildman–Crippen MR) is 85.1 cm³/mol. The number of nitrogens with two attached hydrogens (primary N) is 1. The molecule has 25 heavy (non-hydrogen) atoms. The molecule has 132 valence electrons. The van der Waals surface area contributed by atoms with E-state index in [-0.39, 0.29) is 5.69 Å². The number of halogens is 3. The largest absolute Gasteiger partial charge is 0.481 e. The highest BCUT2D eigenvalue weighted by Gasteiger charge is 2.30. The van der Waals surface area contributed by atoms with Crippen LogP contribution in [0.5, 0.6) is 5.75 Å². The fourth-order valence-electron chi connectivity index (χ4n) is 1.94. The first-order valence-corrected chi connectivity index (χ1v) is 7.21. The number of alkyl halides is 3. The smallest absolute Gasteiger partial charge is 0.416 e. The zero-order valence-electron chi connectivity index (χ0n) is 13.1. The molecule has 1 atom stereocenters. The molecule has 0 fully saturated rings. The number of ether oxygens (including phenoxy) is 1. The fraction of sp³-hybridized carbons (Fsp3) is 0.176. The van der Waals surface area contributed by atoms with E-state index < -0.39 is 29.7 Å². The minimum absolute atomic E-state index is 0.220. The molecular formula is C17H15F3N2O3. The second-order valence-corrected chi connectivity index (χ2v) is 5.21. The van der Waals surface area contributed by atoms with Gasteiger partial charge in [-0.15, -0.1) is 0 Å². The van der Waals surface area contributed by atoms with Crippen molar-refractivity contribution < 1.29 is 27.5 Å². The summed E-state index contributed by atoms with van der Waals surface area (Å²) in [5.41, 5.74) is 4.84. The van der Waals surface area contributed by atoms with Crippen molar-refractivity contribution in [3.63, 3.8) is 0 Å². The van der Waals surface area contributed by atoms with Gasteiger partial charge in [0.1, 0.15) is 5.75 Å². The van der Waals surface area contributed by atoms with Gasteiger partial charge in [-0.3, -0.25) is 9.59 Å². The molecule has 3 N–H and O–H groups in total. The van der Waals surface area contributed by atoms with Gasteiger partial charge in [0.05, 0.1) is 5.56 Å². The Balaban J connectivity index is 1.97. The normalized spacial score (nSPS) is 12.3. The van der Waals surface area contributed by atoms with Crippen molar-refractivity contribution in [2.45, 2.75) is 19.2 Å². The Bertz CT molecular complexity index is 756. The van der Waals surface area contributed by atoms with Crippen LogP contribution in [0, 0.1) is 0 Å². The van der Waals surface area contributed by atoms with Crippen molar-refractivity contribution in [2.24, 2.45) is 5.73 Å². The number of carbonyl (C=O) groups excluding carboxylic acids is 2. The summed E-state index contributed by atoms with van der Waals surface area (Å²) in [6, 6.07) is 9.97. The Hall–Kier alpha value is -3.03. The molecule has 2 aromatic carbocycles. The van der Waals surface area contributed by atoms with Gasteiger partial charge >= 0.3 is 6.18 Å². The highest BCUT2D eigenvalue weighted by Crippen LogP contribution is 2.29. The van der Waals surface area contributed by atoms with Crippen LogP contribution in [0.3, 0.4) is 0 Å². The maximum atomic E-state index is 12.5. The van der Waals surface area contributed by atoms with Crippen LogP contribution in [0.25, 0.3) is 0 Å². The van der Waals surface area contributed by atoms with Crippen LogP contribution in [0.2, 0.25) is 0 Å². The molecule has 0 aromatic heterocycles. The van der Waals surface area contributed by atoms with Gasteiger partial charge in [-0.25, -0.2) is 0 Å². The molecule has 0 aliphatic heterocycles. The van der Waals surface area contributed by atoms with Gasteiger partial charge in [0.25, 0.3) is 5.91 Å². The quantitative estimate of drug-likeness (QED) is 0.867. The molecule has 0 aliphatic carbocycles. The summed E-state index contributed by atoms with van der Waals surface area (Å²) < 4.78 is 42.9. The molecule has 1 unspecified atom stereocenters. The number of hydrogen-bond acceptors (Lipinski definition) is 3. The lowest BCUT2D eigenvalue weighted by atomic mass is 10.2. The van der Waals surface area contributed by atoms with Crippen LogP contribution < -0.4 is 15.8 Å². The Labute approximate surface area is 141 Å². The summed E-state index contributed by atoms with van der Waals surface area (Å²) in [4.78, 5) is 23.0. The van der Waals surface area contributed by atoms with E-state index in [0.717, 1.165) is 24.3 Å². The molecule has 0 radical (unpaired) electrons. The lowest BCUT2D eigenvalue weighted by molar-refractivity contribution is -0.137. The Morgan fingerprint density at radius 2 is 1.60 bits per heavy atom. The summed E-state index contributed by atoms with van der Waals surface area (Å²) >= 11 is 0. The third kappa shape index (κ3) is 4.97. The summed E-state index contributed by atoms with van der Waals surface area (Å²) in [5.74, 6) is -0.765. The van der Waals surface area contributed by atoms with Crippen molar-refractivity contribution in [3.8, 4) is 5.75 Å². The van der Waals surface area contributed by atoms with Crippen molar-refractivity contribution in [3.05, 3.63) is 59.7 Å². The van der Waals surface area contributed by atoms with Crippen molar-refractivity contribution in [2.75, 3.05) is 5.32 Å². The second kappa shape index (κ2) is 7.25. The zero-order chi connectivity index (χ0) is 18.6. The van der Waals surface area contributed by atoms with E-state index in [1.54, 1.807) is 0 Å². The van der Waals surface area contributed by atoms with E-state index in [0.29, 0.717) is 11.3 Å². The molecule has 0 saturated carbocycles. The first kappa shape index (κ1) is 18.3. The molecule has 0 bridgehead atoms. The Kier molecular flexibility index (Phi) is 5.31. The van der Waals surface area contributed by atoms with Gasteiger partial charge in [0.2, 0.25) is 5.91 Å². The number of primary amides is 1. The van der Waals surface area contributed by atoms with Gasteiger partial charge in [-0.2, -0.15) is 13.2 Å². The highest BCUT2D eigenvalue weighted by atomic mass is 19.4. The van der Waals surface area contributed by atoms with E-state index >= 15 is 0 Å². The van der Waals surface area contributed by atoms with Crippen molar-refractivity contribution >= 4 is 17.5 Å². The number of anilines is 1. The monoisotopic (exact) mass is 352 g/mol. The molecule has 0 saturated heterocycles. The summed E-state index contributed by atoms with van der Waals surface area (Å²) in [6.07, 6.45) is -5.34. The van der Waals surface area contributed by atoms with Gasteiger partial charge in [-0.1, -0.05) is 0 Å². The Morgan fingerprint density at radius 1 is 1.04 bits per heavy atom. The van der Waals surface area contributed by atoms with Crippen molar-refractivity contribution in [1.82, 2.24) is 0 Å². The minimum Gasteiger partial charge on any atom is -0.481 e. The first-order valence-electron chi connectivity index (χ1n) is 7.21. The molecule has 0 spiro atoms. The Morgan fingerprint density at radius 3 is 2.08 bits per heavy atom. The maximum absolute atomic E-state index is 12.5. The second-order valence-electron chi connectivity index (χ2n) is 5.21. The van der Waals surface area contributed by atoms with E-state index in [9.17, 15) is 22.8 Å². The van der Waals surface area contributed by atoms with Crippen LogP contribution in [-0.4, -0.2) is 17.9 Å². The molecule has 2 aromatic rings. The molecule has 2 amide bonds. The average Bonchev–Trinajstić information content (AvgIpc) is 2.55. The van der Waals surface area contributed by atoms with Crippen LogP contribution in [0.4, 0.5) is 18.9 Å². The third-order valence-electron chi connectivity index (χ3n) is 3.30. The molecular weight excluding hydrogens is 337 g/mol. The van der Waals surface area contributed by atoms with Crippen LogP contribution in [-0.2, 0) is 11.0 Å². The molecule has 0 heterocycles. The number of benzene rings is 2. The van der Waals surface area contributed by atoms with E-state index in [2.05, 4.69) is 5.32 Å². The lowest BCUT2D eigenvalue weighted by Gasteiger charge is -2.15. The van der Waals surface area contributed by atoms with Crippen LogP contribution in [0.15, 0.2) is 48.5 Å². The molecule has 0 aliphatic rings. The SMILES string of the molecule is CC(Oc1ccc(C(N)=O)cc1)C(=O)Nc1ccc(C(F)(F)F)cc1. The lowest BCUT2D eigenvalue weighted by Crippen LogP contribution is -2.30. The topological polar surface area (TPSA) is 81.4 Å². The predicted octanol–water partition coefficient (Wildman–Crippen LogP) is 3.21. The number of nitrogens with one attached hydrogen (secondary N) is 1. The number of amides is 2. The summed E-state index contributed by atoms with van der Waals surface area (Å²) in [6.45, 7) is 1.49. The number of rotatable bonds is 5. The summed E-state index contributed by atoms with van der Waals surface area (Å²) in [5, 5.41) is 2.46. The van der Waals surface area contributed by atoms with E-state index in [1.807, 2.05) is 0 Å². The fourth-order valence-corrected chi connectivity index (χ4v) is 1.94. The molecule has 2 rings (SSSR count). The highest BCUT2D eigenvalue weighted by molar-refractivity contribution is 5.94. The van der Waals surface area contributed by atoms with Crippen molar-refractivity contribution in [1.29, 1.82) is 0 Å². The first-order chi connectivity index (χ1) is 11.7. The maximum Gasteiger partial charge on any atom is 0.416 e. The summed E-state index contributed by atoms with van der Waals surface area (Å²) in [7, 11) is 0.